The lowest BCUT2D eigenvalue weighted by molar-refractivity contribution is -0.158. The summed E-state index contributed by atoms with van der Waals surface area (Å²) in [6, 6.07) is 3.88. The summed E-state index contributed by atoms with van der Waals surface area (Å²) in [6.45, 7) is 8.90. The van der Waals surface area contributed by atoms with Gasteiger partial charge in [-0.3, -0.25) is 9.69 Å². The predicted molar refractivity (Wildman–Crippen MR) is 170 cm³/mol. The highest BCUT2D eigenvalue weighted by Gasteiger charge is 2.51. The van der Waals surface area contributed by atoms with Gasteiger partial charge in [0.25, 0.3) is 0 Å². The topological polar surface area (TPSA) is 85.3 Å². The van der Waals surface area contributed by atoms with E-state index in [9.17, 15) is 14.7 Å². The molecule has 2 aliphatic carbocycles. The van der Waals surface area contributed by atoms with Crippen LogP contribution in [0.1, 0.15) is 70.2 Å². The van der Waals surface area contributed by atoms with Crippen molar-refractivity contribution in [2.45, 2.75) is 89.2 Å². The van der Waals surface area contributed by atoms with E-state index in [1.165, 1.54) is 0 Å². The average Bonchev–Trinajstić information content (AvgIpc) is 3.42. The van der Waals surface area contributed by atoms with Gasteiger partial charge in [-0.15, -0.1) is 0 Å². The highest BCUT2D eigenvalue weighted by Crippen LogP contribution is 2.50. The van der Waals surface area contributed by atoms with E-state index < -0.39 is 6.10 Å². The van der Waals surface area contributed by atoms with Gasteiger partial charge in [-0.1, -0.05) is 0 Å². The Balaban J connectivity index is 1.26. The van der Waals surface area contributed by atoms with Crippen molar-refractivity contribution in [3.05, 3.63) is 28.4 Å². The smallest absolute Gasteiger partial charge is 0.339 e. The molecule has 10 heteroatoms. The lowest BCUT2D eigenvalue weighted by Gasteiger charge is -2.53. The quantitative estimate of drug-likeness (QED) is 0.206. The Labute approximate surface area is 266 Å². The van der Waals surface area contributed by atoms with Crippen LogP contribution in [-0.2, 0) is 19.0 Å². The van der Waals surface area contributed by atoms with Crippen molar-refractivity contribution < 1.29 is 28.9 Å². The highest BCUT2D eigenvalue weighted by atomic mass is 127. The van der Waals surface area contributed by atoms with E-state index in [2.05, 4.69) is 107 Å². The van der Waals surface area contributed by atoms with Crippen LogP contribution in [0.5, 0.6) is 0 Å². The van der Waals surface area contributed by atoms with E-state index >= 15 is 0 Å². The molecule has 1 saturated heterocycles. The first-order chi connectivity index (χ1) is 17.7. The van der Waals surface area contributed by atoms with Gasteiger partial charge in [0, 0.05) is 27.7 Å². The van der Waals surface area contributed by atoms with Crippen molar-refractivity contribution in [1.82, 2.24) is 4.90 Å². The van der Waals surface area contributed by atoms with Gasteiger partial charge in [-0.2, -0.15) is 0 Å². The zero-order valence-corrected chi connectivity index (χ0v) is 29.1. The molecule has 4 rings (SSSR count). The first-order valence-electron chi connectivity index (χ1n) is 13.2. The zero-order chi connectivity index (χ0) is 28.0. The van der Waals surface area contributed by atoms with E-state index in [0.717, 1.165) is 42.8 Å². The van der Waals surface area contributed by atoms with Crippen LogP contribution in [0.3, 0.4) is 0 Å². The van der Waals surface area contributed by atoms with E-state index in [-0.39, 0.29) is 60.3 Å². The molecule has 3 aliphatic rings. The Morgan fingerprint density at radius 2 is 1.71 bits per heavy atom. The number of rotatable bonds is 8. The van der Waals surface area contributed by atoms with Crippen LogP contribution in [0.4, 0.5) is 0 Å². The van der Waals surface area contributed by atoms with E-state index in [0.29, 0.717) is 11.5 Å². The largest absolute Gasteiger partial charge is 0.463 e. The van der Waals surface area contributed by atoms with Gasteiger partial charge in [0.1, 0.15) is 18.8 Å². The molecule has 2 bridgehead atoms. The maximum absolute atomic E-state index is 13.0. The summed E-state index contributed by atoms with van der Waals surface area (Å²) in [5.41, 5.74) is 0.575. The Hall–Kier alpha value is 0.230. The number of aliphatic hydroxyl groups excluding tert-OH is 1. The average molecular weight is 865 g/mol. The molecule has 1 aliphatic heterocycles. The lowest BCUT2D eigenvalue weighted by atomic mass is 9.79. The van der Waals surface area contributed by atoms with Crippen LogP contribution < -0.4 is 0 Å². The number of esters is 2. The molecule has 2 saturated carbocycles. The second kappa shape index (κ2) is 12.2. The van der Waals surface area contributed by atoms with Gasteiger partial charge in [-0.05, 0) is 153 Å². The fourth-order valence-electron chi connectivity index (χ4n) is 6.58. The van der Waals surface area contributed by atoms with E-state index in [4.69, 9.17) is 14.2 Å². The number of ether oxygens (including phenoxy) is 3. The van der Waals surface area contributed by atoms with Crippen LogP contribution >= 0.6 is 67.8 Å². The number of nitrogens with zero attached hydrogens (tertiary/aromatic N) is 1. The fourth-order valence-corrected chi connectivity index (χ4v) is 8.95. The summed E-state index contributed by atoms with van der Waals surface area (Å²) >= 11 is 6.61. The maximum Gasteiger partial charge on any atom is 0.339 e. The van der Waals surface area contributed by atoms with E-state index in [1.807, 2.05) is 12.1 Å². The molecule has 1 aromatic carbocycles. The number of hydrogen-bond acceptors (Lipinski definition) is 7. The first kappa shape index (κ1) is 31.2. The minimum Gasteiger partial charge on any atom is -0.463 e. The Kier molecular flexibility index (Phi) is 10.0. The molecule has 38 heavy (non-hydrogen) atoms. The summed E-state index contributed by atoms with van der Waals surface area (Å²) in [6.07, 6.45) is 3.06. The molecule has 1 N–H and O–H groups in total. The Bertz CT molecular complexity index is 1050. The van der Waals surface area contributed by atoms with Gasteiger partial charge in [0.2, 0.25) is 0 Å². The molecule has 1 aromatic rings. The van der Waals surface area contributed by atoms with Gasteiger partial charge < -0.3 is 19.3 Å². The number of aliphatic hydroxyl groups is 1. The van der Waals surface area contributed by atoms with Gasteiger partial charge in [0.05, 0.1) is 24.2 Å². The molecule has 1 heterocycles. The molecule has 212 valence electrons. The van der Waals surface area contributed by atoms with Crippen LogP contribution in [0, 0.1) is 28.5 Å². The molecule has 0 spiro atoms. The summed E-state index contributed by atoms with van der Waals surface area (Å²) in [4.78, 5) is 28.4. The molecule has 7 nitrogen and oxygen atoms in total. The van der Waals surface area contributed by atoms with Crippen LogP contribution in [-0.4, -0.2) is 71.6 Å². The molecule has 0 aromatic heterocycles. The van der Waals surface area contributed by atoms with Gasteiger partial charge in [0.15, 0.2) is 0 Å². The van der Waals surface area contributed by atoms with Crippen molar-refractivity contribution in [1.29, 1.82) is 0 Å². The van der Waals surface area contributed by atoms with Crippen LogP contribution in [0.15, 0.2) is 12.1 Å². The second-order valence-electron chi connectivity index (χ2n) is 12.4. The molecule has 0 amide bonds. The number of piperidine rings is 1. The number of benzene rings is 1. The molecular weight excluding hydrogens is 827 g/mol. The third-order valence-electron chi connectivity index (χ3n) is 8.74. The third kappa shape index (κ3) is 6.99. The monoisotopic (exact) mass is 865 g/mol. The van der Waals surface area contributed by atoms with Gasteiger partial charge >= 0.3 is 11.9 Å². The normalized spacial score (nSPS) is 29.3. The number of halogens is 3. The minimum atomic E-state index is -0.873. The third-order valence-corrected chi connectivity index (χ3v) is 12.4. The number of hydrogen-bond donors (Lipinski definition) is 1. The summed E-state index contributed by atoms with van der Waals surface area (Å²) < 4.78 is 20.5. The van der Waals surface area contributed by atoms with Crippen molar-refractivity contribution in [3.8, 4) is 0 Å². The molecule has 5 unspecified atom stereocenters. The molecule has 0 radical (unpaired) electrons. The lowest BCUT2D eigenvalue weighted by Crippen LogP contribution is -2.60. The summed E-state index contributed by atoms with van der Waals surface area (Å²) in [7, 11) is 2.15. The van der Waals surface area contributed by atoms with Crippen molar-refractivity contribution in [3.63, 3.8) is 0 Å². The predicted octanol–water partition coefficient (Wildman–Crippen LogP) is 5.64. The number of carbonyl (C=O) groups is 2. The molecule has 5 atom stereocenters. The Morgan fingerprint density at radius 3 is 2.34 bits per heavy atom. The number of fused-ring (bicyclic) bond motifs is 2. The van der Waals surface area contributed by atoms with Crippen LogP contribution in [0.2, 0.25) is 0 Å². The fraction of sp³-hybridized carbons (Fsp3) is 0.714. The number of likely N-dealkylation sites (tertiary alicyclic amines) is 1. The highest BCUT2D eigenvalue weighted by molar-refractivity contribution is 14.1. The first-order valence-corrected chi connectivity index (χ1v) is 16.5. The number of carbonyl (C=O) groups excluding carboxylic acids is 2. The Morgan fingerprint density at radius 1 is 1.05 bits per heavy atom. The molecule has 3 fully saturated rings. The van der Waals surface area contributed by atoms with E-state index in [1.54, 1.807) is 0 Å². The molecular formula is C28H38I3NO6. The zero-order valence-electron chi connectivity index (χ0n) is 22.6. The standard InChI is InChI=1S/C28H38I3NO6/c1-27(2)11-18(12-28(3,4)32(27)5)36-13-17(33)14-37-25(34)20-7-15-6-19(20)23(8-15)38-26(35)21-9-16(29)10-22(30)24(21)31/h9-10,15,17-20,23,33H,6-8,11-14H2,1-5H3. The maximum atomic E-state index is 13.0. The minimum absolute atomic E-state index is 0.00131. The van der Waals surface area contributed by atoms with Crippen molar-refractivity contribution in [2.75, 3.05) is 20.3 Å². The van der Waals surface area contributed by atoms with Gasteiger partial charge in [-0.25, -0.2) is 4.79 Å². The van der Waals surface area contributed by atoms with Crippen molar-refractivity contribution >= 4 is 79.7 Å². The summed E-state index contributed by atoms with van der Waals surface area (Å²) in [5, 5.41) is 10.5. The SMILES string of the molecule is CN1C(C)(C)CC(OCC(O)COC(=O)C2CC3CC(OC(=O)c4cc(I)cc(I)c4I)C2C3)CC1(C)C. The van der Waals surface area contributed by atoms with Crippen molar-refractivity contribution in [2.24, 2.45) is 17.8 Å². The summed E-state index contributed by atoms with van der Waals surface area (Å²) in [5.74, 6) is -0.617. The second-order valence-corrected chi connectivity index (χ2v) is 15.9. The van der Waals surface area contributed by atoms with Crippen LogP contribution in [0.25, 0.3) is 0 Å².